The Kier molecular flexibility index (Phi) is 6.03. The molecule has 1 N–H and O–H groups in total. The van der Waals surface area contributed by atoms with Crippen molar-refractivity contribution in [2.24, 2.45) is 0 Å². The molecule has 3 heterocycles. The number of amides is 2. The van der Waals surface area contributed by atoms with Crippen molar-refractivity contribution >= 4 is 17.3 Å². The first kappa shape index (κ1) is 19.5. The zero-order valence-electron chi connectivity index (χ0n) is 16.4. The molecule has 0 radical (unpaired) electrons. The van der Waals surface area contributed by atoms with E-state index in [1.165, 1.54) is 0 Å². The van der Waals surface area contributed by atoms with Gasteiger partial charge in [-0.2, -0.15) is 0 Å². The average molecular weight is 379 g/mol. The third kappa shape index (κ3) is 4.19. The van der Waals surface area contributed by atoms with Crippen LogP contribution in [-0.2, 0) is 6.42 Å². The number of carbonyl (C=O) groups excluding carboxylic acids is 2. The quantitative estimate of drug-likeness (QED) is 0.684. The number of rotatable bonds is 7. The van der Waals surface area contributed by atoms with Gasteiger partial charge in [0.25, 0.3) is 11.8 Å². The van der Waals surface area contributed by atoms with Crippen molar-refractivity contribution in [1.29, 1.82) is 0 Å². The highest BCUT2D eigenvalue weighted by Gasteiger charge is 2.24. The Morgan fingerprint density at radius 1 is 1.21 bits per heavy atom. The number of pyridine rings is 2. The predicted molar refractivity (Wildman–Crippen MR) is 107 cm³/mol. The first-order valence-corrected chi connectivity index (χ1v) is 9.43. The summed E-state index contributed by atoms with van der Waals surface area (Å²) in [6.07, 6.45) is 6.77. The fraction of sp³-hybridized carbons (Fsp3) is 0.333. The maximum absolute atomic E-state index is 13.0. The van der Waals surface area contributed by atoms with Crippen molar-refractivity contribution in [2.75, 3.05) is 13.6 Å². The molecule has 7 heteroatoms. The number of hydrogen-bond donors (Lipinski definition) is 1. The van der Waals surface area contributed by atoms with E-state index in [2.05, 4.69) is 15.3 Å². The van der Waals surface area contributed by atoms with Crippen molar-refractivity contribution in [3.8, 4) is 0 Å². The van der Waals surface area contributed by atoms with Crippen LogP contribution in [0.4, 0.5) is 0 Å². The Morgan fingerprint density at radius 2 is 1.96 bits per heavy atom. The molecular formula is C21H25N5O2. The number of nitrogens with zero attached hydrogens (tertiary/aromatic N) is 4. The van der Waals surface area contributed by atoms with Crippen LogP contribution in [0.15, 0.2) is 48.9 Å². The van der Waals surface area contributed by atoms with Gasteiger partial charge in [-0.1, -0.05) is 13.0 Å². The Hall–Kier alpha value is -3.22. The zero-order chi connectivity index (χ0) is 20.1. The van der Waals surface area contributed by atoms with Crippen molar-refractivity contribution in [3.63, 3.8) is 0 Å². The van der Waals surface area contributed by atoms with Gasteiger partial charge in [-0.05, 0) is 49.6 Å². The maximum atomic E-state index is 13.0. The summed E-state index contributed by atoms with van der Waals surface area (Å²) in [5.41, 5.74) is 2.00. The summed E-state index contributed by atoms with van der Waals surface area (Å²) in [7, 11) is 1.74. The van der Waals surface area contributed by atoms with Crippen molar-refractivity contribution in [2.45, 2.75) is 32.7 Å². The Balaban J connectivity index is 1.83. The molecule has 2 amide bonds. The van der Waals surface area contributed by atoms with E-state index in [4.69, 9.17) is 0 Å². The fourth-order valence-electron chi connectivity index (χ4n) is 2.87. The molecular weight excluding hydrogens is 354 g/mol. The second kappa shape index (κ2) is 8.65. The van der Waals surface area contributed by atoms with Crippen molar-refractivity contribution in [3.05, 3.63) is 66.0 Å². The van der Waals surface area contributed by atoms with Gasteiger partial charge in [0.2, 0.25) is 5.82 Å². The molecule has 0 saturated carbocycles. The van der Waals surface area contributed by atoms with Crippen LogP contribution in [0.5, 0.6) is 0 Å². The second-order valence-electron chi connectivity index (χ2n) is 6.85. The summed E-state index contributed by atoms with van der Waals surface area (Å²) >= 11 is 0. The molecule has 3 aromatic rings. The summed E-state index contributed by atoms with van der Waals surface area (Å²) in [5, 5.41) is 2.92. The molecule has 28 heavy (non-hydrogen) atoms. The van der Waals surface area contributed by atoms with E-state index in [0.717, 1.165) is 18.4 Å². The molecule has 0 aliphatic rings. The smallest absolute Gasteiger partial charge is 0.290 e. The molecule has 3 aromatic heterocycles. The summed E-state index contributed by atoms with van der Waals surface area (Å²) in [6.45, 7) is 4.48. The van der Waals surface area contributed by atoms with Gasteiger partial charge < -0.3 is 10.2 Å². The minimum Gasteiger partial charge on any atom is -0.348 e. The van der Waals surface area contributed by atoms with Gasteiger partial charge in [-0.3, -0.25) is 19.0 Å². The van der Waals surface area contributed by atoms with E-state index in [1.54, 1.807) is 41.0 Å². The maximum Gasteiger partial charge on any atom is 0.290 e. The van der Waals surface area contributed by atoms with Crippen LogP contribution in [-0.4, -0.2) is 50.7 Å². The van der Waals surface area contributed by atoms with E-state index in [1.807, 2.05) is 38.1 Å². The van der Waals surface area contributed by atoms with Crippen molar-refractivity contribution < 1.29 is 9.59 Å². The summed E-state index contributed by atoms with van der Waals surface area (Å²) in [5.74, 6) is -0.253. The fourth-order valence-corrected chi connectivity index (χ4v) is 2.87. The SMILES string of the molecule is CCC(C)NC(=O)c1nc(C(=O)N(C)CCc2ccncc2)n2ccccc12. The molecule has 0 aliphatic carbocycles. The van der Waals surface area contributed by atoms with Crippen LogP contribution in [0.25, 0.3) is 5.52 Å². The molecule has 7 nitrogen and oxygen atoms in total. The first-order valence-electron chi connectivity index (χ1n) is 9.43. The van der Waals surface area contributed by atoms with Gasteiger partial charge in [0.05, 0.1) is 5.52 Å². The van der Waals surface area contributed by atoms with Gasteiger partial charge in [-0.15, -0.1) is 0 Å². The molecule has 0 saturated heterocycles. The number of hydrogen-bond acceptors (Lipinski definition) is 4. The largest absolute Gasteiger partial charge is 0.348 e. The minimum absolute atomic E-state index is 0.0372. The second-order valence-corrected chi connectivity index (χ2v) is 6.85. The zero-order valence-corrected chi connectivity index (χ0v) is 16.4. The lowest BCUT2D eigenvalue weighted by atomic mass is 10.2. The van der Waals surface area contributed by atoms with E-state index in [9.17, 15) is 9.59 Å². The Labute approximate surface area is 164 Å². The van der Waals surface area contributed by atoms with Gasteiger partial charge in [-0.25, -0.2) is 4.98 Å². The van der Waals surface area contributed by atoms with Crippen LogP contribution in [0, 0.1) is 0 Å². The monoisotopic (exact) mass is 379 g/mol. The molecule has 1 atom stereocenters. The lowest BCUT2D eigenvalue weighted by Gasteiger charge is -2.16. The van der Waals surface area contributed by atoms with Crippen LogP contribution in [0.1, 0.15) is 46.9 Å². The number of imidazole rings is 1. The van der Waals surface area contributed by atoms with Crippen LogP contribution >= 0.6 is 0 Å². The highest BCUT2D eigenvalue weighted by atomic mass is 16.2. The van der Waals surface area contributed by atoms with Crippen molar-refractivity contribution in [1.82, 2.24) is 24.6 Å². The van der Waals surface area contributed by atoms with Gasteiger partial charge in [0, 0.05) is 38.2 Å². The predicted octanol–water partition coefficient (Wildman–Crippen LogP) is 2.57. The molecule has 0 aromatic carbocycles. The van der Waals surface area contributed by atoms with E-state index < -0.39 is 0 Å². The molecule has 1 unspecified atom stereocenters. The molecule has 0 bridgehead atoms. The summed E-state index contributed by atoms with van der Waals surface area (Å²) in [6, 6.07) is 9.35. The minimum atomic E-state index is -0.267. The highest BCUT2D eigenvalue weighted by Crippen LogP contribution is 2.15. The topological polar surface area (TPSA) is 79.6 Å². The normalized spacial score (nSPS) is 12.0. The highest BCUT2D eigenvalue weighted by molar-refractivity contribution is 6.02. The third-order valence-electron chi connectivity index (χ3n) is 4.78. The van der Waals surface area contributed by atoms with E-state index in [-0.39, 0.29) is 29.4 Å². The van der Waals surface area contributed by atoms with E-state index >= 15 is 0 Å². The molecule has 0 fully saturated rings. The summed E-state index contributed by atoms with van der Waals surface area (Å²) < 4.78 is 1.68. The van der Waals surface area contributed by atoms with Gasteiger partial charge >= 0.3 is 0 Å². The number of fused-ring (bicyclic) bond motifs is 1. The standard InChI is InChI=1S/C21H25N5O2/c1-4-15(2)23-20(27)18-17-7-5-6-13-26(17)19(24-18)21(28)25(3)14-10-16-8-11-22-12-9-16/h5-9,11-13,15H,4,10,14H2,1-3H3,(H,23,27). The Morgan fingerprint density at radius 3 is 2.68 bits per heavy atom. The van der Waals surface area contributed by atoms with Crippen LogP contribution in [0.2, 0.25) is 0 Å². The Bertz CT molecular complexity index is 967. The first-order chi connectivity index (χ1) is 13.5. The average Bonchev–Trinajstić information content (AvgIpc) is 3.12. The molecule has 3 rings (SSSR count). The number of likely N-dealkylation sites (N-methyl/N-ethyl adjacent to an activating group) is 1. The lowest BCUT2D eigenvalue weighted by molar-refractivity contribution is 0.0784. The van der Waals surface area contributed by atoms with Gasteiger partial charge in [0.1, 0.15) is 0 Å². The lowest BCUT2D eigenvalue weighted by Crippen LogP contribution is -2.32. The third-order valence-corrected chi connectivity index (χ3v) is 4.78. The number of aromatic nitrogens is 3. The van der Waals surface area contributed by atoms with E-state index in [0.29, 0.717) is 12.1 Å². The summed E-state index contributed by atoms with van der Waals surface area (Å²) in [4.78, 5) is 35.6. The molecule has 0 aliphatic heterocycles. The van der Waals surface area contributed by atoms with Crippen LogP contribution < -0.4 is 5.32 Å². The number of nitrogens with one attached hydrogen (secondary N) is 1. The van der Waals surface area contributed by atoms with Gasteiger partial charge in [0.15, 0.2) is 5.69 Å². The molecule has 146 valence electrons. The molecule has 0 spiro atoms. The van der Waals surface area contributed by atoms with Crippen LogP contribution in [0.3, 0.4) is 0 Å². The number of carbonyl (C=O) groups is 2.